The van der Waals surface area contributed by atoms with Gasteiger partial charge in [0.25, 0.3) is 5.69 Å². The van der Waals surface area contributed by atoms with Gasteiger partial charge in [-0.25, -0.2) is 4.98 Å². The second-order valence-electron chi connectivity index (χ2n) is 5.46. The van der Waals surface area contributed by atoms with Crippen molar-refractivity contribution in [2.24, 2.45) is 4.99 Å². The van der Waals surface area contributed by atoms with Gasteiger partial charge in [-0.15, -0.1) is 0 Å². The first-order chi connectivity index (χ1) is 13.1. The maximum atomic E-state index is 12.7. The molecule has 3 aromatic rings. The molecule has 10 nitrogen and oxygen atoms in total. The zero-order chi connectivity index (χ0) is 20.6. The van der Waals surface area contributed by atoms with E-state index in [9.17, 15) is 38.5 Å². The monoisotopic (exact) mass is 395 g/mol. The molecule has 144 valence electrons. The van der Waals surface area contributed by atoms with Crippen LogP contribution in [0.15, 0.2) is 35.3 Å². The zero-order valence-electron chi connectivity index (χ0n) is 13.5. The summed E-state index contributed by atoms with van der Waals surface area (Å²) in [5.41, 5.74) is -1.62. The number of aromatic nitrogens is 2. The molecule has 0 aliphatic carbocycles. The van der Waals surface area contributed by atoms with E-state index in [2.05, 4.69) is 15.0 Å². The van der Waals surface area contributed by atoms with Crippen LogP contribution in [0, 0.1) is 20.2 Å². The number of phenols is 1. The number of aromatic amines is 1. The fourth-order valence-corrected chi connectivity index (χ4v) is 2.32. The minimum atomic E-state index is -4.66. The molecule has 0 spiro atoms. The molecule has 0 aliphatic heterocycles. The van der Waals surface area contributed by atoms with Gasteiger partial charge in [-0.05, 0) is 18.2 Å². The molecule has 28 heavy (non-hydrogen) atoms. The minimum absolute atomic E-state index is 0.0382. The van der Waals surface area contributed by atoms with Crippen molar-refractivity contribution in [3.63, 3.8) is 0 Å². The molecule has 2 aromatic carbocycles. The molecule has 0 unspecified atom stereocenters. The Hall–Kier alpha value is -4.03. The summed E-state index contributed by atoms with van der Waals surface area (Å²) in [6.07, 6.45) is -3.73. The van der Waals surface area contributed by atoms with Gasteiger partial charge in [0.2, 0.25) is 11.6 Å². The van der Waals surface area contributed by atoms with Gasteiger partial charge >= 0.3 is 11.9 Å². The van der Waals surface area contributed by atoms with E-state index in [1.807, 2.05) is 0 Å². The van der Waals surface area contributed by atoms with Crippen LogP contribution in [-0.2, 0) is 6.18 Å². The number of nitrogens with one attached hydrogen (secondary N) is 1. The first-order valence-electron chi connectivity index (χ1n) is 7.33. The summed E-state index contributed by atoms with van der Waals surface area (Å²) >= 11 is 0. The third kappa shape index (κ3) is 3.58. The van der Waals surface area contributed by atoms with Crippen LogP contribution in [0.25, 0.3) is 11.0 Å². The van der Waals surface area contributed by atoms with E-state index in [4.69, 9.17) is 0 Å². The molecular formula is C15H8F3N5O5. The lowest BCUT2D eigenvalue weighted by Gasteiger charge is -2.01. The van der Waals surface area contributed by atoms with Crippen molar-refractivity contribution in [2.45, 2.75) is 6.18 Å². The molecule has 0 saturated carbocycles. The molecule has 1 aromatic heterocycles. The van der Waals surface area contributed by atoms with Crippen molar-refractivity contribution in [1.82, 2.24) is 9.97 Å². The number of fused-ring (bicyclic) bond motifs is 1. The Morgan fingerprint density at radius 3 is 2.46 bits per heavy atom. The first-order valence-corrected chi connectivity index (χ1v) is 7.33. The minimum Gasteiger partial charge on any atom is -0.502 e. The predicted molar refractivity (Wildman–Crippen MR) is 89.8 cm³/mol. The number of benzene rings is 2. The zero-order valence-corrected chi connectivity index (χ0v) is 13.5. The molecular weight excluding hydrogens is 387 g/mol. The summed E-state index contributed by atoms with van der Waals surface area (Å²) in [6.45, 7) is 0. The number of alkyl halides is 3. The van der Waals surface area contributed by atoms with Gasteiger partial charge in [-0.2, -0.15) is 13.2 Å². The number of rotatable bonds is 4. The molecule has 13 heteroatoms. The van der Waals surface area contributed by atoms with Crippen LogP contribution in [0.1, 0.15) is 11.4 Å². The number of nitrogens with zero attached hydrogens (tertiary/aromatic N) is 4. The summed E-state index contributed by atoms with van der Waals surface area (Å²) < 4.78 is 38.1. The molecule has 0 saturated heterocycles. The van der Waals surface area contributed by atoms with Gasteiger partial charge in [0.1, 0.15) is 0 Å². The molecule has 0 amide bonds. The highest BCUT2D eigenvalue weighted by Gasteiger charge is 2.34. The lowest BCUT2D eigenvalue weighted by molar-refractivity contribution is -0.394. The van der Waals surface area contributed by atoms with E-state index in [1.54, 1.807) is 0 Å². The number of imidazole rings is 1. The Morgan fingerprint density at radius 2 is 1.86 bits per heavy atom. The lowest BCUT2D eigenvalue weighted by atomic mass is 10.1. The number of non-ortho nitro benzene ring substituents is 1. The van der Waals surface area contributed by atoms with Gasteiger partial charge in [-0.1, -0.05) is 0 Å². The largest absolute Gasteiger partial charge is 0.502 e. The molecule has 2 N–H and O–H groups in total. The maximum Gasteiger partial charge on any atom is 0.449 e. The van der Waals surface area contributed by atoms with E-state index in [1.165, 1.54) is 18.2 Å². The number of nitro benzene ring substituents is 2. The van der Waals surface area contributed by atoms with Crippen LogP contribution in [0.5, 0.6) is 5.75 Å². The Morgan fingerprint density at radius 1 is 1.14 bits per heavy atom. The number of hydrogen-bond donors (Lipinski definition) is 2. The fraction of sp³-hybridized carbons (Fsp3) is 0.0667. The second-order valence-corrected chi connectivity index (χ2v) is 5.46. The third-order valence-corrected chi connectivity index (χ3v) is 3.60. The maximum absolute atomic E-state index is 12.7. The SMILES string of the molecule is O=[N+]([O-])c1cc(C=Nc2ccc3nc(C(F)(F)F)[nH]c3c2)c(O)c([N+](=O)[O-])c1. The fourth-order valence-electron chi connectivity index (χ4n) is 2.32. The van der Waals surface area contributed by atoms with Crippen molar-refractivity contribution in [3.05, 3.63) is 61.9 Å². The van der Waals surface area contributed by atoms with Crippen LogP contribution in [-0.4, -0.2) is 31.1 Å². The molecule has 3 rings (SSSR count). The van der Waals surface area contributed by atoms with Gasteiger partial charge in [0.15, 0.2) is 0 Å². The number of phenolic OH excluding ortho intramolecular Hbond substituents is 1. The number of aliphatic imine (C=N–C) groups is 1. The normalized spacial score (nSPS) is 12.0. The molecule has 1 heterocycles. The van der Waals surface area contributed by atoms with Crippen molar-refractivity contribution < 1.29 is 28.1 Å². The average molecular weight is 395 g/mol. The smallest absolute Gasteiger partial charge is 0.449 e. The van der Waals surface area contributed by atoms with Crippen molar-refractivity contribution in [2.75, 3.05) is 0 Å². The highest BCUT2D eigenvalue weighted by Crippen LogP contribution is 2.34. The molecule has 0 fully saturated rings. The molecule has 0 atom stereocenters. The predicted octanol–water partition coefficient (Wildman–Crippen LogP) is 3.85. The van der Waals surface area contributed by atoms with E-state index < -0.39 is 39.0 Å². The molecule has 0 bridgehead atoms. The van der Waals surface area contributed by atoms with Crippen molar-refractivity contribution in [3.8, 4) is 5.75 Å². The van der Waals surface area contributed by atoms with Crippen molar-refractivity contribution >= 4 is 34.3 Å². The van der Waals surface area contributed by atoms with Crippen LogP contribution >= 0.6 is 0 Å². The van der Waals surface area contributed by atoms with Crippen LogP contribution in [0.4, 0.5) is 30.2 Å². The highest BCUT2D eigenvalue weighted by molar-refractivity contribution is 5.89. The lowest BCUT2D eigenvalue weighted by Crippen LogP contribution is -2.06. The number of nitro groups is 2. The second kappa shape index (κ2) is 6.61. The number of halogens is 3. The number of aromatic hydroxyl groups is 1. The average Bonchev–Trinajstić information content (AvgIpc) is 3.04. The van der Waals surface area contributed by atoms with E-state index in [-0.39, 0.29) is 22.3 Å². The molecule has 0 aliphatic rings. The Balaban J connectivity index is 2.01. The summed E-state index contributed by atoms with van der Waals surface area (Å²) in [6, 6.07) is 5.30. The van der Waals surface area contributed by atoms with Crippen LogP contribution < -0.4 is 0 Å². The highest BCUT2D eigenvalue weighted by atomic mass is 19.4. The summed E-state index contributed by atoms with van der Waals surface area (Å²) in [7, 11) is 0. The van der Waals surface area contributed by atoms with Gasteiger partial charge in [-0.3, -0.25) is 25.2 Å². The van der Waals surface area contributed by atoms with E-state index in [0.717, 1.165) is 12.3 Å². The Bertz CT molecular complexity index is 1140. The molecule has 0 radical (unpaired) electrons. The van der Waals surface area contributed by atoms with E-state index >= 15 is 0 Å². The topological polar surface area (TPSA) is 148 Å². The van der Waals surface area contributed by atoms with Gasteiger partial charge < -0.3 is 10.1 Å². The number of H-pyrrole nitrogens is 1. The Kier molecular flexibility index (Phi) is 4.42. The van der Waals surface area contributed by atoms with Gasteiger partial charge in [0, 0.05) is 17.8 Å². The summed E-state index contributed by atoms with van der Waals surface area (Å²) in [5.74, 6) is -2.02. The van der Waals surface area contributed by atoms with Gasteiger partial charge in [0.05, 0.1) is 32.6 Å². The third-order valence-electron chi connectivity index (χ3n) is 3.60. The standard InChI is InChI=1S/C15H8F3N5O5/c16-15(17,18)14-20-10-2-1-8(4-11(10)21-14)19-6-7-3-9(22(25)26)5-12(13(7)24)23(27)28/h1-6,24H,(H,20,21). The summed E-state index contributed by atoms with van der Waals surface area (Å²) in [4.78, 5) is 29.4. The van der Waals surface area contributed by atoms with E-state index in [0.29, 0.717) is 6.07 Å². The Labute approximate surface area is 152 Å². The quantitative estimate of drug-likeness (QED) is 0.389. The first kappa shape index (κ1) is 18.8. The van der Waals surface area contributed by atoms with Crippen molar-refractivity contribution in [1.29, 1.82) is 0 Å². The number of hydrogen-bond acceptors (Lipinski definition) is 7. The van der Waals surface area contributed by atoms with Crippen LogP contribution in [0.2, 0.25) is 0 Å². The van der Waals surface area contributed by atoms with Crippen LogP contribution in [0.3, 0.4) is 0 Å². The summed E-state index contributed by atoms with van der Waals surface area (Å²) in [5, 5.41) is 31.7.